The van der Waals surface area contributed by atoms with Crippen molar-refractivity contribution >= 4 is 17.6 Å². The van der Waals surface area contributed by atoms with Gasteiger partial charge in [-0.1, -0.05) is 12.1 Å². The summed E-state index contributed by atoms with van der Waals surface area (Å²) in [6.45, 7) is 0. The second-order valence-electron chi connectivity index (χ2n) is 5.26. The maximum Gasteiger partial charge on any atom is 0.203 e. The van der Waals surface area contributed by atoms with Crippen LogP contribution >= 0.6 is 11.3 Å². The Hall–Kier alpha value is -2.93. The zero-order valence-electron chi connectivity index (χ0n) is 14.4. The summed E-state index contributed by atoms with van der Waals surface area (Å²) in [6, 6.07) is 6.24. The molecule has 0 bridgehead atoms. The number of nitrogens with zero attached hydrogens (tertiary/aromatic N) is 1. The van der Waals surface area contributed by atoms with Crippen LogP contribution in [-0.2, 0) is 0 Å². The van der Waals surface area contributed by atoms with E-state index in [4.69, 9.17) is 14.2 Å². The molecule has 2 aromatic carbocycles. The molecule has 3 rings (SSSR count). The Balaban J connectivity index is 2.24. The van der Waals surface area contributed by atoms with Crippen LogP contribution in [0.5, 0.6) is 17.2 Å². The largest absolute Gasteiger partial charge is 0.493 e. The number of benzene rings is 2. The van der Waals surface area contributed by atoms with Crippen molar-refractivity contribution in [1.82, 2.24) is 4.98 Å². The second-order valence-corrected chi connectivity index (χ2v) is 6.15. The number of thiazole rings is 1. The van der Waals surface area contributed by atoms with Crippen molar-refractivity contribution in [3.63, 3.8) is 0 Å². The Bertz CT molecular complexity index is 941. The van der Waals surface area contributed by atoms with E-state index in [0.29, 0.717) is 33.9 Å². The fourth-order valence-electron chi connectivity index (χ4n) is 2.76. The second kappa shape index (κ2) is 7.53. The van der Waals surface area contributed by atoms with E-state index in [1.165, 1.54) is 44.8 Å². The minimum atomic E-state index is -0.494. The summed E-state index contributed by atoms with van der Waals surface area (Å²) >= 11 is 1.42. The van der Waals surface area contributed by atoms with Gasteiger partial charge in [-0.05, 0) is 12.1 Å². The molecule has 0 radical (unpaired) electrons. The molecule has 0 N–H and O–H groups in total. The van der Waals surface area contributed by atoms with Gasteiger partial charge in [0.2, 0.25) is 5.75 Å². The lowest BCUT2D eigenvalue weighted by molar-refractivity contribution is 0.112. The molecule has 0 spiro atoms. The lowest BCUT2D eigenvalue weighted by Gasteiger charge is -2.18. The number of carbonyl (C=O) groups excluding carboxylic acids is 1. The van der Waals surface area contributed by atoms with Gasteiger partial charge in [-0.3, -0.25) is 4.79 Å². The Morgan fingerprint density at radius 2 is 1.85 bits per heavy atom. The molecule has 1 aromatic heterocycles. The van der Waals surface area contributed by atoms with Gasteiger partial charge in [0.05, 0.1) is 21.3 Å². The highest BCUT2D eigenvalue weighted by molar-refractivity contribution is 7.13. The number of hydrogen-bond acceptors (Lipinski definition) is 6. The Kier molecular flexibility index (Phi) is 5.18. The molecule has 0 aliphatic carbocycles. The molecule has 0 fully saturated rings. The molecule has 0 amide bonds. The molecule has 0 aliphatic heterocycles. The predicted molar refractivity (Wildman–Crippen MR) is 98.0 cm³/mol. The molecule has 1 heterocycles. The normalized spacial score (nSPS) is 10.5. The van der Waals surface area contributed by atoms with E-state index in [1.807, 2.05) is 5.38 Å². The molecule has 0 aliphatic rings. The molecule has 26 heavy (non-hydrogen) atoms. The van der Waals surface area contributed by atoms with Crippen LogP contribution in [0.2, 0.25) is 0 Å². The molecule has 0 unspecified atom stereocenters. The van der Waals surface area contributed by atoms with Gasteiger partial charge in [-0.2, -0.15) is 0 Å². The van der Waals surface area contributed by atoms with Gasteiger partial charge in [0, 0.05) is 33.8 Å². The third kappa shape index (κ3) is 3.01. The minimum absolute atomic E-state index is 0.227. The zero-order chi connectivity index (χ0) is 18.7. The first kappa shape index (κ1) is 17.9. The van der Waals surface area contributed by atoms with Crippen LogP contribution in [0.25, 0.3) is 21.7 Å². The van der Waals surface area contributed by atoms with Crippen molar-refractivity contribution in [2.45, 2.75) is 0 Å². The summed E-state index contributed by atoms with van der Waals surface area (Å²) in [5.41, 5.74) is 1.43. The lowest BCUT2D eigenvalue weighted by atomic mass is 9.96. The lowest BCUT2D eigenvalue weighted by Crippen LogP contribution is -2.01. The quantitative estimate of drug-likeness (QED) is 0.597. The zero-order valence-corrected chi connectivity index (χ0v) is 15.2. The summed E-state index contributed by atoms with van der Waals surface area (Å²) in [5, 5.41) is 2.54. The number of carbonyl (C=O) groups is 1. The summed E-state index contributed by atoms with van der Waals surface area (Å²) in [4.78, 5) is 15.8. The number of halogens is 1. The van der Waals surface area contributed by atoms with Crippen molar-refractivity contribution < 1.29 is 23.4 Å². The van der Waals surface area contributed by atoms with Crippen LogP contribution in [0.15, 0.2) is 35.8 Å². The first-order valence-corrected chi connectivity index (χ1v) is 8.50. The molecular formula is C19H16FNO4S. The number of rotatable bonds is 6. The number of methoxy groups -OCH3 is 3. The average molecular weight is 373 g/mol. The van der Waals surface area contributed by atoms with Crippen LogP contribution in [0.1, 0.15) is 10.4 Å². The van der Waals surface area contributed by atoms with Crippen LogP contribution in [-0.4, -0.2) is 32.6 Å². The first-order valence-electron chi connectivity index (χ1n) is 7.62. The highest BCUT2D eigenvalue weighted by Gasteiger charge is 2.24. The smallest absolute Gasteiger partial charge is 0.203 e. The number of aldehydes is 1. The van der Waals surface area contributed by atoms with E-state index in [1.54, 1.807) is 18.3 Å². The first-order chi connectivity index (χ1) is 12.6. The highest BCUT2D eigenvalue weighted by Crippen LogP contribution is 2.47. The van der Waals surface area contributed by atoms with Crippen LogP contribution < -0.4 is 14.2 Å². The van der Waals surface area contributed by atoms with E-state index < -0.39 is 5.82 Å². The van der Waals surface area contributed by atoms with Gasteiger partial charge in [0.25, 0.3) is 0 Å². The Morgan fingerprint density at radius 1 is 1.08 bits per heavy atom. The van der Waals surface area contributed by atoms with Gasteiger partial charge in [-0.15, -0.1) is 11.3 Å². The standard InChI is InChI=1S/C19H16FNO4S/c1-23-15-9-12(10-22)16(18(25-3)17(15)24-2)13-5-4-11(8-14(13)20)19-21-6-7-26-19/h4-10H,1-3H3. The van der Waals surface area contributed by atoms with E-state index in [-0.39, 0.29) is 16.9 Å². The van der Waals surface area contributed by atoms with Crippen LogP contribution in [0.4, 0.5) is 4.39 Å². The van der Waals surface area contributed by atoms with Crippen molar-refractivity contribution in [2.75, 3.05) is 21.3 Å². The van der Waals surface area contributed by atoms with Gasteiger partial charge in [0.15, 0.2) is 17.8 Å². The molecule has 0 saturated heterocycles. The van der Waals surface area contributed by atoms with Crippen molar-refractivity contribution in [3.8, 4) is 38.9 Å². The fourth-order valence-corrected chi connectivity index (χ4v) is 3.40. The molecule has 0 atom stereocenters. The van der Waals surface area contributed by atoms with E-state index in [9.17, 15) is 9.18 Å². The minimum Gasteiger partial charge on any atom is -0.493 e. The summed E-state index contributed by atoms with van der Waals surface area (Å²) in [5.74, 6) is 0.357. The van der Waals surface area contributed by atoms with E-state index in [0.717, 1.165) is 0 Å². The maximum atomic E-state index is 14.9. The Morgan fingerprint density at radius 3 is 2.38 bits per heavy atom. The molecular weight excluding hydrogens is 357 g/mol. The van der Waals surface area contributed by atoms with E-state index in [2.05, 4.69) is 4.98 Å². The SMILES string of the molecule is COc1cc(C=O)c(-c2ccc(-c3nccs3)cc2F)c(OC)c1OC. The molecule has 5 nitrogen and oxygen atoms in total. The van der Waals surface area contributed by atoms with Gasteiger partial charge >= 0.3 is 0 Å². The number of aromatic nitrogens is 1. The maximum absolute atomic E-state index is 14.9. The topological polar surface area (TPSA) is 57.7 Å². The number of ether oxygens (including phenoxy) is 3. The Labute approximate surface area is 154 Å². The third-order valence-electron chi connectivity index (χ3n) is 3.91. The highest BCUT2D eigenvalue weighted by atomic mass is 32.1. The van der Waals surface area contributed by atoms with E-state index >= 15 is 0 Å². The van der Waals surface area contributed by atoms with Gasteiger partial charge in [-0.25, -0.2) is 9.37 Å². The van der Waals surface area contributed by atoms with Crippen LogP contribution in [0, 0.1) is 5.82 Å². The molecule has 0 saturated carbocycles. The average Bonchev–Trinajstić information content (AvgIpc) is 3.21. The van der Waals surface area contributed by atoms with Crippen LogP contribution in [0.3, 0.4) is 0 Å². The van der Waals surface area contributed by atoms with Crippen molar-refractivity contribution in [2.24, 2.45) is 0 Å². The molecule has 134 valence electrons. The summed E-state index contributed by atoms with van der Waals surface area (Å²) in [7, 11) is 4.33. The van der Waals surface area contributed by atoms with Gasteiger partial charge in [0.1, 0.15) is 10.8 Å². The number of hydrogen-bond donors (Lipinski definition) is 0. The van der Waals surface area contributed by atoms with Crippen molar-refractivity contribution in [3.05, 3.63) is 47.2 Å². The fraction of sp³-hybridized carbons (Fsp3) is 0.158. The predicted octanol–water partition coefficient (Wildman–Crippen LogP) is 4.45. The third-order valence-corrected chi connectivity index (χ3v) is 4.73. The monoisotopic (exact) mass is 373 g/mol. The van der Waals surface area contributed by atoms with Gasteiger partial charge < -0.3 is 14.2 Å². The summed E-state index contributed by atoms with van der Waals surface area (Å²) in [6.07, 6.45) is 2.29. The molecule has 3 aromatic rings. The van der Waals surface area contributed by atoms with Crippen molar-refractivity contribution in [1.29, 1.82) is 0 Å². The molecule has 7 heteroatoms. The summed E-state index contributed by atoms with van der Waals surface area (Å²) < 4.78 is 30.9.